The van der Waals surface area contributed by atoms with Crippen molar-refractivity contribution < 1.29 is 27.8 Å². The number of rotatable bonds is 6. The monoisotopic (exact) mass is 366 g/mol. The number of amides is 1. The van der Waals surface area contributed by atoms with Crippen molar-refractivity contribution in [1.29, 1.82) is 0 Å². The molecule has 8 nitrogen and oxygen atoms in total. The quantitative estimate of drug-likeness (QED) is 0.533. The average molecular weight is 366 g/mol. The molecule has 0 unspecified atom stereocenters. The van der Waals surface area contributed by atoms with Gasteiger partial charge in [0.1, 0.15) is 5.75 Å². The first-order valence-electron chi connectivity index (χ1n) is 7.12. The van der Waals surface area contributed by atoms with Crippen molar-refractivity contribution in [1.82, 2.24) is 0 Å². The van der Waals surface area contributed by atoms with E-state index in [1.807, 2.05) is 0 Å². The Balaban J connectivity index is 2.34. The van der Waals surface area contributed by atoms with Crippen molar-refractivity contribution in [2.75, 3.05) is 24.3 Å². The maximum atomic E-state index is 12.5. The summed E-state index contributed by atoms with van der Waals surface area (Å²) in [6.07, 6.45) is 0. The van der Waals surface area contributed by atoms with Crippen LogP contribution in [-0.2, 0) is 14.8 Å². The molecular formula is C16H18N2O6S. The van der Waals surface area contributed by atoms with Crippen LogP contribution >= 0.6 is 0 Å². The summed E-state index contributed by atoms with van der Waals surface area (Å²) in [5, 5.41) is 12.1. The minimum atomic E-state index is -3.91. The molecule has 0 aliphatic heterocycles. The highest BCUT2D eigenvalue weighted by atomic mass is 32.2. The molecule has 0 saturated carbocycles. The molecule has 0 saturated heterocycles. The van der Waals surface area contributed by atoms with Crippen molar-refractivity contribution in [2.45, 2.75) is 11.8 Å². The van der Waals surface area contributed by atoms with E-state index in [9.17, 15) is 18.3 Å². The minimum Gasteiger partial charge on any atom is -0.506 e. The highest BCUT2D eigenvalue weighted by Crippen LogP contribution is 2.31. The molecule has 0 aliphatic rings. The largest absolute Gasteiger partial charge is 0.506 e. The zero-order valence-corrected chi connectivity index (χ0v) is 14.7. The Morgan fingerprint density at radius 2 is 1.72 bits per heavy atom. The Morgan fingerprint density at radius 3 is 2.32 bits per heavy atom. The molecule has 2 rings (SSSR count). The third-order valence-corrected chi connectivity index (χ3v) is 4.60. The van der Waals surface area contributed by atoms with E-state index in [2.05, 4.69) is 10.0 Å². The van der Waals surface area contributed by atoms with Crippen LogP contribution in [0.2, 0.25) is 0 Å². The molecule has 134 valence electrons. The lowest BCUT2D eigenvalue weighted by atomic mass is 10.2. The van der Waals surface area contributed by atoms with Crippen LogP contribution in [0.4, 0.5) is 11.4 Å². The predicted octanol–water partition coefficient (Wildman–Crippen LogP) is 2.17. The molecule has 3 N–H and O–H groups in total. The minimum absolute atomic E-state index is 0.0284. The number of aromatic hydroxyl groups is 1. The first-order valence-corrected chi connectivity index (χ1v) is 8.60. The number of benzene rings is 2. The Hall–Kier alpha value is -2.94. The summed E-state index contributed by atoms with van der Waals surface area (Å²) in [7, 11) is -1.06. The maximum absolute atomic E-state index is 12.5. The lowest BCUT2D eigenvalue weighted by Crippen LogP contribution is -2.14. The average Bonchev–Trinajstić information content (AvgIpc) is 2.56. The summed E-state index contributed by atoms with van der Waals surface area (Å²) >= 11 is 0. The summed E-state index contributed by atoms with van der Waals surface area (Å²) in [5.41, 5.74) is 0.274. The number of ether oxygens (including phenoxy) is 2. The van der Waals surface area contributed by atoms with Crippen LogP contribution in [0.5, 0.6) is 17.2 Å². The number of phenols is 1. The number of hydrogen-bond donors (Lipinski definition) is 3. The third kappa shape index (κ3) is 4.32. The molecule has 0 radical (unpaired) electrons. The summed E-state index contributed by atoms with van der Waals surface area (Å²) in [6, 6.07) is 8.15. The van der Waals surface area contributed by atoms with Gasteiger partial charge in [-0.1, -0.05) is 0 Å². The Bertz CT molecular complexity index is 895. The highest BCUT2D eigenvalue weighted by Gasteiger charge is 2.18. The molecule has 0 aliphatic carbocycles. The first kappa shape index (κ1) is 18.4. The van der Waals surface area contributed by atoms with Gasteiger partial charge in [-0.2, -0.15) is 0 Å². The maximum Gasteiger partial charge on any atom is 0.262 e. The van der Waals surface area contributed by atoms with Crippen LogP contribution in [0.1, 0.15) is 6.92 Å². The third-order valence-electron chi connectivity index (χ3n) is 3.22. The molecule has 9 heteroatoms. The fourth-order valence-electron chi connectivity index (χ4n) is 2.09. The summed E-state index contributed by atoms with van der Waals surface area (Å²) in [5.74, 6) is 0.105. The number of carbonyl (C=O) groups is 1. The molecule has 0 spiro atoms. The van der Waals surface area contributed by atoms with Crippen molar-refractivity contribution in [3.63, 3.8) is 0 Å². The predicted molar refractivity (Wildman–Crippen MR) is 92.8 cm³/mol. The molecule has 1 amide bonds. The summed E-state index contributed by atoms with van der Waals surface area (Å²) < 4.78 is 37.6. The molecule has 2 aromatic carbocycles. The molecular weight excluding hydrogens is 348 g/mol. The first-order chi connectivity index (χ1) is 11.8. The lowest BCUT2D eigenvalue weighted by Gasteiger charge is -2.13. The fraction of sp³-hybridized carbons (Fsp3) is 0.188. The van der Waals surface area contributed by atoms with E-state index >= 15 is 0 Å². The van der Waals surface area contributed by atoms with Gasteiger partial charge in [0.2, 0.25) is 5.91 Å². The number of carbonyl (C=O) groups excluding carboxylic acids is 1. The van der Waals surface area contributed by atoms with Gasteiger partial charge in [0.15, 0.2) is 11.5 Å². The van der Waals surface area contributed by atoms with Crippen LogP contribution in [0, 0.1) is 0 Å². The van der Waals surface area contributed by atoms with Crippen molar-refractivity contribution in [2.24, 2.45) is 0 Å². The van der Waals surface area contributed by atoms with Crippen molar-refractivity contribution in [3.05, 3.63) is 36.4 Å². The van der Waals surface area contributed by atoms with Crippen molar-refractivity contribution in [3.8, 4) is 17.2 Å². The summed E-state index contributed by atoms with van der Waals surface area (Å²) in [6.45, 7) is 1.28. The van der Waals surface area contributed by atoms with Gasteiger partial charge in [-0.25, -0.2) is 8.42 Å². The Kier molecular flexibility index (Phi) is 5.38. The van der Waals surface area contributed by atoms with Gasteiger partial charge < -0.3 is 19.9 Å². The molecule has 0 fully saturated rings. The smallest absolute Gasteiger partial charge is 0.262 e. The van der Waals surface area contributed by atoms with Gasteiger partial charge in [0, 0.05) is 13.0 Å². The van der Waals surface area contributed by atoms with Crippen LogP contribution in [0.3, 0.4) is 0 Å². The number of anilines is 2. The van der Waals surface area contributed by atoms with E-state index in [1.165, 1.54) is 57.5 Å². The van der Waals surface area contributed by atoms with Gasteiger partial charge in [-0.05, 0) is 30.3 Å². The van der Waals surface area contributed by atoms with Gasteiger partial charge >= 0.3 is 0 Å². The normalized spacial score (nSPS) is 10.8. The van der Waals surface area contributed by atoms with Gasteiger partial charge in [0.25, 0.3) is 10.0 Å². The number of nitrogens with one attached hydrogen (secondary N) is 2. The van der Waals surface area contributed by atoms with Crippen LogP contribution in [-0.4, -0.2) is 33.7 Å². The molecule has 25 heavy (non-hydrogen) atoms. The number of phenolic OH excluding ortho intramolecular Hbond substituents is 1. The zero-order chi connectivity index (χ0) is 18.6. The number of sulfonamides is 1. The topological polar surface area (TPSA) is 114 Å². The van der Waals surface area contributed by atoms with Crippen LogP contribution in [0.15, 0.2) is 41.3 Å². The second-order valence-electron chi connectivity index (χ2n) is 5.04. The van der Waals surface area contributed by atoms with E-state index in [0.29, 0.717) is 5.75 Å². The van der Waals surface area contributed by atoms with Crippen LogP contribution < -0.4 is 19.5 Å². The van der Waals surface area contributed by atoms with E-state index in [1.54, 1.807) is 0 Å². The molecule has 0 bridgehead atoms. The zero-order valence-electron chi connectivity index (χ0n) is 13.9. The highest BCUT2D eigenvalue weighted by molar-refractivity contribution is 7.92. The second-order valence-corrected chi connectivity index (χ2v) is 6.72. The molecule has 2 aromatic rings. The van der Waals surface area contributed by atoms with Gasteiger partial charge in [-0.3, -0.25) is 9.52 Å². The van der Waals surface area contributed by atoms with Crippen LogP contribution in [0.25, 0.3) is 0 Å². The number of methoxy groups -OCH3 is 2. The van der Waals surface area contributed by atoms with E-state index in [0.717, 1.165) is 0 Å². The Labute approximate surface area is 145 Å². The van der Waals surface area contributed by atoms with E-state index < -0.39 is 15.9 Å². The summed E-state index contributed by atoms with van der Waals surface area (Å²) in [4.78, 5) is 11.1. The van der Waals surface area contributed by atoms with Gasteiger partial charge in [-0.15, -0.1) is 0 Å². The fourth-order valence-corrected chi connectivity index (χ4v) is 3.15. The van der Waals surface area contributed by atoms with E-state index in [4.69, 9.17) is 9.47 Å². The molecule has 0 aromatic heterocycles. The second kappa shape index (κ2) is 7.31. The SMILES string of the molecule is COc1ccc(S(=O)(=O)Nc2ccc(O)c(NC(C)=O)c2)cc1OC. The standard InChI is InChI=1S/C16H18N2O6S/c1-10(19)17-13-8-11(4-6-14(13)20)18-25(21,22)12-5-7-15(23-2)16(9-12)24-3/h4-9,18,20H,1-3H3,(H,17,19). The number of hydrogen-bond acceptors (Lipinski definition) is 6. The molecule has 0 atom stereocenters. The van der Waals surface area contributed by atoms with Crippen molar-refractivity contribution >= 4 is 27.3 Å². The van der Waals surface area contributed by atoms with Gasteiger partial charge in [0.05, 0.1) is 30.5 Å². The Morgan fingerprint density at radius 1 is 1.04 bits per heavy atom. The van der Waals surface area contributed by atoms with E-state index in [-0.39, 0.29) is 27.8 Å². The lowest BCUT2D eigenvalue weighted by molar-refractivity contribution is -0.114. The molecule has 0 heterocycles.